The van der Waals surface area contributed by atoms with Crippen molar-refractivity contribution in [1.29, 1.82) is 0 Å². The first-order valence-electron chi connectivity index (χ1n) is 5.61. The highest BCUT2D eigenvalue weighted by Crippen LogP contribution is 2.26. The van der Waals surface area contributed by atoms with Crippen molar-refractivity contribution < 1.29 is 22.7 Å². The molecule has 0 saturated heterocycles. The molecule has 2 rings (SSSR count). The third-order valence-corrected chi connectivity index (χ3v) is 4.66. The molecule has 0 aliphatic heterocycles. The van der Waals surface area contributed by atoms with Crippen molar-refractivity contribution in [2.24, 2.45) is 0 Å². The Labute approximate surface area is 128 Å². The smallest absolute Gasteiger partial charge is 0.335 e. The van der Waals surface area contributed by atoms with E-state index in [4.69, 9.17) is 5.11 Å². The summed E-state index contributed by atoms with van der Waals surface area (Å²) in [6, 6.07) is 8.28. The number of nitrogens with one attached hydrogen (secondary N) is 1. The van der Waals surface area contributed by atoms with E-state index in [1.54, 1.807) is 0 Å². The fourth-order valence-corrected chi connectivity index (χ4v) is 3.10. The Bertz CT molecular complexity index is 790. The van der Waals surface area contributed by atoms with Crippen LogP contribution in [0.1, 0.15) is 10.4 Å². The van der Waals surface area contributed by atoms with E-state index in [0.717, 1.165) is 6.07 Å². The summed E-state index contributed by atoms with van der Waals surface area (Å²) in [5.74, 6) is -1.74. The molecule has 0 aliphatic carbocycles. The van der Waals surface area contributed by atoms with Crippen molar-refractivity contribution in [1.82, 2.24) is 0 Å². The van der Waals surface area contributed by atoms with Crippen LogP contribution in [0, 0.1) is 5.82 Å². The van der Waals surface area contributed by atoms with Gasteiger partial charge >= 0.3 is 5.97 Å². The van der Waals surface area contributed by atoms with Crippen LogP contribution in [-0.2, 0) is 10.0 Å². The zero-order valence-electron chi connectivity index (χ0n) is 10.4. The lowest BCUT2D eigenvalue weighted by atomic mass is 10.2. The van der Waals surface area contributed by atoms with Gasteiger partial charge in [-0.15, -0.1) is 0 Å². The first-order chi connectivity index (χ1) is 9.79. The van der Waals surface area contributed by atoms with Crippen LogP contribution < -0.4 is 4.72 Å². The van der Waals surface area contributed by atoms with Gasteiger partial charge in [0.25, 0.3) is 10.0 Å². The number of hydrogen-bond donors (Lipinski definition) is 2. The number of sulfonamides is 1. The fraction of sp³-hybridized carbons (Fsp3) is 0. The van der Waals surface area contributed by atoms with Crippen LogP contribution >= 0.6 is 15.9 Å². The molecule has 2 aromatic carbocycles. The van der Waals surface area contributed by atoms with E-state index in [9.17, 15) is 17.6 Å². The van der Waals surface area contributed by atoms with Gasteiger partial charge in [0, 0.05) is 4.47 Å². The molecule has 0 aliphatic rings. The summed E-state index contributed by atoms with van der Waals surface area (Å²) in [6.07, 6.45) is 0. The highest BCUT2D eigenvalue weighted by Gasteiger charge is 2.16. The van der Waals surface area contributed by atoms with Crippen LogP contribution in [0.5, 0.6) is 0 Å². The quantitative estimate of drug-likeness (QED) is 0.862. The van der Waals surface area contributed by atoms with Gasteiger partial charge in [-0.05, 0) is 58.4 Å². The predicted octanol–water partition coefficient (Wildman–Crippen LogP) is 3.09. The minimum absolute atomic E-state index is 0.0270. The highest BCUT2D eigenvalue weighted by atomic mass is 79.9. The SMILES string of the molecule is O=C(O)c1ccc(S(=O)(=O)Nc2cc(F)ccc2Br)cc1. The third-order valence-electron chi connectivity index (χ3n) is 2.58. The van der Waals surface area contributed by atoms with Crippen molar-refractivity contribution in [3.05, 3.63) is 58.3 Å². The lowest BCUT2D eigenvalue weighted by Gasteiger charge is -2.10. The zero-order chi connectivity index (χ0) is 15.6. The summed E-state index contributed by atoms with van der Waals surface area (Å²) in [7, 11) is -3.93. The summed E-state index contributed by atoms with van der Waals surface area (Å²) in [4.78, 5) is 10.6. The number of carboxylic acid groups (broad SMARTS) is 1. The predicted molar refractivity (Wildman–Crippen MR) is 78.3 cm³/mol. The number of carboxylic acids is 1. The average molecular weight is 374 g/mol. The molecule has 0 bridgehead atoms. The minimum atomic E-state index is -3.93. The molecule has 2 N–H and O–H groups in total. The van der Waals surface area contributed by atoms with Crippen molar-refractivity contribution in [2.45, 2.75) is 4.90 Å². The van der Waals surface area contributed by atoms with E-state index in [1.165, 1.54) is 36.4 Å². The van der Waals surface area contributed by atoms with Crippen LogP contribution in [0.25, 0.3) is 0 Å². The number of carbonyl (C=O) groups is 1. The fourth-order valence-electron chi connectivity index (χ4n) is 1.56. The standard InChI is InChI=1S/C13H9BrFNO4S/c14-11-6-3-9(15)7-12(11)16-21(19,20)10-4-1-8(2-5-10)13(17)18/h1-7,16H,(H,17,18). The number of halogens is 2. The summed E-state index contributed by atoms with van der Waals surface area (Å²) in [5.41, 5.74) is 0.0261. The Hall–Kier alpha value is -1.93. The Balaban J connectivity index is 2.34. The number of aromatic carboxylic acids is 1. The van der Waals surface area contributed by atoms with Gasteiger partial charge in [0.15, 0.2) is 0 Å². The highest BCUT2D eigenvalue weighted by molar-refractivity contribution is 9.10. The molecule has 0 spiro atoms. The molecule has 0 aromatic heterocycles. The maximum Gasteiger partial charge on any atom is 0.335 e. The van der Waals surface area contributed by atoms with Gasteiger partial charge in [-0.25, -0.2) is 17.6 Å². The number of benzene rings is 2. The largest absolute Gasteiger partial charge is 0.478 e. The van der Waals surface area contributed by atoms with E-state index < -0.39 is 21.8 Å². The van der Waals surface area contributed by atoms with Gasteiger partial charge in [-0.3, -0.25) is 4.72 Å². The van der Waals surface area contributed by atoms with E-state index in [0.29, 0.717) is 4.47 Å². The summed E-state index contributed by atoms with van der Waals surface area (Å²) >= 11 is 3.12. The molecule has 0 atom stereocenters. The van der Waals surface area contributed by atoms with Gasteiger partial charge in [0.05, 0.1) is 16.1 Å². The van der Waals surface area contributed by atoms with Crippen LogP contribution in [0.4, 0.5) is 10.1 Å². The normalized spacial score (nSPS) is 11.1. The van der Waals surface area contributed by atoms with Crippen molar-refractivity contribution in [3.63, 3.8) is 0 Å². The summed E-state index contributed by atoms with van der Waals surface area (Å²) in [6.45, 7) is 0. The molecule has 110 valence electrons. The van der Waals surface area contributed by atoms with Crippen LogP contribution in [0.3, 0.4) is 0 Å². The molecule has 0 amide bonds. The Morgan fingerprint density at radius 1 is 1.14 bits per heavy atom. The maximum atomic E-state index is 13.1. The van der Waals surface area contributed by atoms with Gasteiger partial charge in [0.1, 0.15) is 5.82 Å². The monoisotopic (exact) mass is 373 g/mol. The minimum Gasteiger partial charge on any atom is -0.478 e. The second-order valence-corrected chi connectivity index (χ2v) is 6.60. The van der Waals surface area contributed by atoms with Crippen molar-refractivity contribution in [3.8, 4) is 0 Å². The molecule has 0 radical (unpaired) electrons. The summed E-state index contributed by atoms with van der Waals surface area (Å²) < 4.78 is 40.0. The molecular weight excluding hydrogens is 365 g/mol. The molecule has 0 saturated carbocycles. The number of hydrogen-bond acceptors (Lipinski definition) is 3. The van der Waals surface area contributed by atoms with E-state index in [1.807, 2.05) is 0 Å². The molecule has 21 heavy (non-hydrogen) atoms. The van der Waals surface area contributed by atoms with E-state index in [2.05, 4.69) is 20.7 Å². The topological polar surface area (TPSA) is 83.5 Å². The van der Waals surface area contributed by atoms with Gasteiger partial charge < -0.3 is 5.11 Å². The number of rotatable bonds is 4. The average Bonchev–Trinajstić information content (AvgIpc) is 2.43. The first-order valence-corrected chi connectivity index (χ1v) is 7.88. The van der Waals surface area contributed by atoms with E-state index >= 15 is 0 Å². The number of anilines is 1. The molecule has 0 fully saturated rings. The Morgan fingerprint density at radius 2 is 1.76 bits per heavy atom. The van der Waals surface area contributed by atoms with Gasteiger partial charge in [0.2, 0.25) is 0 Å². The van der Waals surface area contributed by atoms with Crippen molar-refractivity contribution >= 4 is 37.6 Å². The zero-order valence-corrected chi connectivity index (χ0v) is 12.8. The van der Waals surface area contributed by atoms with Crippen LogP contribution in [0.15, 0.2) is 51.8 Å². The lowest BCUT2D eigenvalue weighted by Crippen LogP contribution is -2.13. The van der Waals surface area contributed by atoms with Crippen molar-refractivity contribution in [2.75, 3.05) is 4.72 Å². The molecule has 2 aromatic rings. The van der Waals surface area contributed by atoms with Crippen LogP contribution in [-0.4, -0.2) is 19.5 Å². The van der Waals surface area contributed by atoms with Gasteiger partial charge in [-0.2, -0.15) is 0 Å². The molecule has 8 heteroatoms. The Morgan fingerprint density at radius 3 is 2.33 bits per heavy atom. The lowest BCUT2D eigenvalue weighted by molar-refractivity contribution is 0.0696. The first kappa shape index (κ1) is 15.5. The second-order valence-electron chi connectivity index (χ2n) is 4.06. The Kier molecular flexibility index (Phi) is 4.29. The molecular formula is C13H9BrFNO4S. The molecule has 0 unspecified atom stereocenters. The molecule has 5 nitrogen and oxygen atoms in total. The summed E-state index contributed by atoms with van der Waals surface area (Å²) in [5, 5.41) is 8.77. The molecule has 0 heterocycles. The van der Waals surface area contributed by atoms with Gasteiger partial charge in [-0.1, -0.05) is 0 Å². The van der Waals surface area contributed by atoms with Crippen LogP contribution in [0.2, 0.25) is 0 Å². The second kappa shape index (κ2) is 5.82. The third kappa shape index (κ3) is 3.59. The maximum absolute atomic E-state index is 13.1. The van der Waals surface area contributed by atoms with E-state index in [-0.39, 0.29) is 16.1 Å².